The quantitative estimate of drug-likeness (QED) is 0.496. The van der Waals surface area contributed by atoms with Gasteiger partial charge in [0.15, 0.2) is 15.8 Å². The van der Waals surface area contributed by atoms with Crippen LogP contribution in [0.1, 0.15) is 0 Å². The number of carbonyl (C=O) groups excluding carboxylic acids is 1. The van der Waals surface area contributed by atoms with Crippen LogP contribution in [0.4, 0.5) is 21.7 Å². The predicted octanol–water partition coefficient (Wildman–Crippen LogP) is 2.64. The lowest BCUT2D eigenvalue weighted by atomic mass is 10.3. The van der Waals surface area contributed by atoms with Crippen LogP contribution in [0.5, 0.6) is 5.75 Å². The van der Waals surface area contributed by atoms with Crippen LogP contribution in [0.25, 0.3) is 20.6 Å². The van der Waals surface area contributed by atoms with E-state index in [0.29, 0.717) is 37.1 Å². The number of hydrogen-bond donors (Lipinski definition) is 2. The molecule has 1 aliphatic heterocycles. The molecule has 0 spiro atoms. The standard InChI is InChI=1S/C18H18N8O2S2/c1-28-10-3-2-4-11-12(10)21-17(30-11)24-18(27)26-7-5-25(6-8-26)14-13-15(29-9-20-13)23-16(19)22-14/h2-4,9H,5-8H2,1H3,(H2,19,22,23)(H,21,24,27). The number of rotatable bonds is 3. The number of methoxy groups -OCH3 is 1. The second kappa shape index (κ2) is 7.54. The highest BCUT2D eigenvalue weighted by atomic mass is 32.1. The van der Waals surface area contributed by atoms with Crippen LogP contribution >= 0.6 is 22.7 Å². The number of piperazine rings is 1. The Kier molecular flexibility index (Phi) is 4.71. The highest BCUT2D eigenvalue weighted by Gasteiger charge is 2.25. The Balaban J connectivity index is 1.27. The summed E-state index contributed by atoms with van der Waals surface area (Å²) in [6, 6.07) is 5.54. The van der Waals surface area contributed by atoms with Crippen LogP contribution in [-0.4, -0.2) is 64.2 Å². The molecule has 3 N–H and O–H groups in total. The minimum Gasteiger partial charge on any atom is -0.494 e. The molecule has 12 heteroatoms. The molecule has 1 saturated heterocycles. The molecule has 1 fully saturated rings. The normalized spacial score (nSPS) is 14.4. The SMILES string of the molecule is COc1cccc2sc(NC(=O)N3CCN(c4nc(N)nc5scnc45)CC3)nc12. The molecule has 4 aromatic rings. The summed E-state index contributed by atoms with van der Waals surface area (Å²) in [5, 5.41) is 3.46. The molecule has 30 heavy (non-hydrogen) atoms. The molecule has 154 valence electrons. The van der Waals surface area contributed by atoms with E-state index >= 15 is 0 Å². The van der Waals surface area contributed by atoms with Gasteiger partial charge in [0.1, 0.15) is 16.8 Å². The molecule has 0 saturated carbocycles. The summed E-state index contributed by atoms with van der Waals surface area (Å²) in [5.74, 6) is 1.64. The number of urea groups is 1. The van der Waals surface area contributed by atoms with E-state index in [0.717, 1.165) is 26.4 Å². The van der Waals surface area contributed by atoms with Crippen molar-refractivity contribution >= 4 is 66.2 Å². The van der Waals surface area contributed by atoms with Crippen molar-refractivity contribution in [3.8, 4) is 5.75 Å². The largest absolute Gasteiger partial charge is 0.494 e. The molecule has 1 aromatic carbocycles. The van der Waals surface area contributed by atoms with Gasteiger partial charge in [-0.1, -0.05) is 17.4 Å². The zero-order chi connectivity index (χ0) is 20.7. The summed E-state index contributed by atoms with van der Waals surface area (Å²) < 4.78 is 6.30. The number of nitrogens with zero attached hydrogens (tertiary/aromatic N) is 6. The average molecular weight is 443 g/mol. The molecule has 0 radical (unpaired) electrons. The number of fused-ring (bicyclic) bond motifs is 2. The number of ether oxygens (including phenoxy) is 1. The first-order chi connectivity index (χ1) is 14.6. The lowest BCUT2D eigenvalue weighted by Gasteiger charge is -2.35. The van der Waals surface area contributed by atoms with Gasteiger partial charge in [0.2, 0.25) is 5.95 Å². The third-order valence-electron chi connectivity index (χ3n) is 4.88. The third kappa shape index (κ3) is 3.33. The Morgan fingerprint density at radius 1 is 1.17 bits per heavy atom. The van der Waals surface area contributed by atoms with Gasteiger partial charge in [-0.3, -0.25) is 5.32 Å². The van der Waals surface area contributed by atoms with Crippen LogP contribution in [0.15, 0.2) is 23.7 Å². The van der Waals surface area contributed by atoms with Crippen molar-refractivity contribution in [1.82, 2.24) is 24.8 Å². The smallest absolute Gasteiger partial charge is 0.323 e. The Morgan fingerprint density at radius 3 is 2.80 bits per heavy atom. The molecular weight excluding hydrogens is 424 g/mol. The lowest BCUT2D eigenvalue weighted by molar-refractivity contribution is 0.208. The van der Waals surface area contributed by atoms with E-state index in [1.54, 1.807) is 17.5 Å². The van der Waals surface area contributed by atoms with E-state index in [-0.39, 0.29) is 12.0 Å². The van der Waals surface area contributed by atoms with Crippen LogP contribution in [0.3, 0.4) is 0 Å². The van der Waals surface area contributed by atoms with Crippen LogP contribution in [0, 0.1) is 0 Å². The van der Waals surface area contributed by atoms with E-state index in [9.17, 15) is 4.79 Å². The average Bonchev–Trinajstić information content (AvgIpc) is 3.39. The first-order valence-corrected chi connectivity index (χ1v) is 10.9. The topological polar surface area (TPSA) is 122 Å². The fourth-order valence-corrected chi connectivity index (χ4v) is 4.95. The van der Waals surface area contributed by atoms with Gasteiger partial charge in [0.05, 0.1) is 17.3 Å². The first-order valence-electron chi connectivity index (χ1n) is 9.23. The maximum Gasteiger partial charge on any atom is 0.323 e. The van der Waals surface area contributed by atoms with Gasteiger partial charge < -0.3 is 20.3 Å². The minimum absolute atomic E-state index is 0.173. The number of nitrogen functional groups attached to an aromatic ring is 1. The van der Waals surface area contributed by atoms with Gasteiger partial charge in [0.25, 0.3) is 0 Å². The number of para-hydroxylation sites is 1. The van der Waals surface area contributed by atoms with Gasteiger partial charge >= 0.3 is 6.03 Å². The van der Waals surface area contributed by atoms with Gasteiger partial charge in [-0.05, 0) is 12.1 Å². The van der Waals surface area contributed by atoms with E-state index < -0.39 is 0 Å². The number of aromatic nitrogens is 4. The number of nitrogens with one attached hydrogen (secondary N) is 1. The predicted molar refractivity (Wildman–Crippen MR) is 119 cm³/mol. The number of hydrogen-bond acceptors (Lipinski definition) is 10. The molecule has 1 aliphatic rings. The zero-order valence-corrected chi connectivity index (χ0v) is 17.7. The number of amides is 2. The van der Waals surface area contributed by atoms with Crippen molar-refractivity contribution in [1.29, 1.82) is 0 Å². The summed E-state index contributed by atoms with van der Waals surface area (Å²) in [6.45, 7) is 2.36. The van der Waals surface area contributed by atoms with Crippen molar-refractivity contribution in [2.24, 2.45) is 0 Å². The molecule has 0 bridgehead atoms. The third-order valence-corrected chi connectivity index (χ3v) is 6.53. The second-order valence-electron chi connectivity index (χ2n) is 6.64. The minimum atomic E-state index is -0.173. The maximum atomic E-state index is 12.7. The Morgan fingerprint density at radius 2 is 2.00 bits per heavy atom. The molecule has 4 heterocycles. The van der Waals surface area contributed by atoms with Crippen molar-refractivity contribution < 1.29 is 9.53 Å². The van der Waals surface area contributed by atoms with Crippen LogP contribution in [0.2, 0.25) is 0 Å². The number of carbonyl (C=O) groups is 1. The fourth-order valence-electron chi connectivity index (χ4n) is 3.42. The maximum absolute atomic E-state index is 12.7. The van der Waals surface area contributed by atoms with Gasteiger partial charge in [-0.25, -0.2) is 19.7 Å². The molecular formula is C18H18N8O2S2. The summed E-state index contributed by atoms with van der Waals surface area (Å²) in [7, 11) is 1.61. The fraction of sp³-hybridized carbons (Fsp3) is 0.278. The van der Waals surface area contributed by atoms with E-state index in [4.69, 9.17) is 10.5 Å². The Labute approximate surface area is 179 Å². The highest BCUT2D eigenvalue weighted by Crippen LogP contribution is 2.32. The van der Waals surface area contributed by atoms with Crippen LogP contribution in [-0.2, 0) is 0 Å². The summed E-state index contributed by atoms with van der Waals surface area (Å²) in [4.78, 5) is 34.8. The molecule has 2 amide bonds. The second-order valence-corrected chi connectivity index (χ2v) is 8.51. The van der Waals surface area contributed by atoms with Gasteiger partial charge in [-0.2, -0.15) is 4.98 Å². The number of thiazole rings is 2. The Hall–Kier alpha value is -3.25. The molecule has 5 rings (SSSR count). The molecule has 0 unspecified atom stereocenters. The van der Waals surface area contributed by atoms with E-state index in [2.05, 4.69) is 30.2 Å². The molecule has 3 aromatic heterocycles. The number of benzene rings is 1. The van der Waals surface area contributed by atoms with E-state index in [1.165, 1.54) is 22.7 Å². The van der Waals surface area contributed by atoms with Gasteiger partial charge in [0, 0.05) is 26.2 Å². The van der Waals surface area contributed by atoms with Crippen molar-refractivity contribution in [3.63, 3.8) is 0 Å². The number of nitrogens with two attached hydrogens (primary N) is 1. The summed E-state index contributed by atoms with van der Waals surface area (Å²) in [5.41, 5.74) is 9.08. The van der Waals surface area contributed by atoms with Crippen molar-refractivity contribution in [2.75, 3.05) is 49.2 Å². The first kappa shape index (κ1) is 18.8. The molecule has 10 nitrogen and oxygen atoms in total. The van der Waals surface area contributed by atoms with E-state index in [1.807, 2.05) is 18.2 Å². The Bertz CT molecular complexity index is 1230. The van der Waals surface area contributed by atoms with Gasteiger partial charge in [-0.15, -0.1) is 11.3 Å². The monoisotopic (exact) mass is 442 g/mol. The summed E-state index contributed by atoms with van der Waals surface area (Å²) in [6.07, 6.45) is 0. The van der Waals surface area contributed by atoms with Crippen molar-refractivity contribution in [3.05, 3.63) is 23.7 Å². The number of anilines is 3. The molecule has 0 atom stereocenters. The summed E-state index contributed by atoms with van der Waals surface area (Å²) >= 11 is 2.85. The van der Waals surface area contributed by atoms with Crippen LogP contribution < -0.4 is 20.7 Å². The molecule has 0 aliphatic carbocycles. The highest BCUT2D eigenvalue weighted by molar-refractivity contribution is 7.22. The van der Waals surface area contributed by atoms with Crippen molar-refractivity contribution in [2.45, 2.75) is 0 Å². The lowest BCUT2D eigenvalue weighted by Crippen LogP contribution is -2.50. The zero-order valence-electron chi connectivity index (χ0n) is 16.0.